The fourth-order valence-corrected chi connectivity index (χ4v) is 3.69. The topological polar surface area (TPSA) is 170 Å². The van der Waals surface area contributed by atoms with E-state index < -0.39 is 48.4 Å². The molecule has 6 N–H and O–H groups in total. The van der Waals surface area contributed by atoms with Crippen LogP contribution in [0.5, 0.6) is 0 Å². The van der Waals surface area contributed by atoms with Crippen molar-refractivity contribution in [2.45, 2.75) is 31.7 Å². The summed E-state index contributed by atoms with van der Waals surface area (Å²) in [5.41, 5.74) is 0.308. The van der Waals surface area contributed by atoms with Crippen molar-refractivity contribution in [1.82, 2.24) is 21.3 Å². The largest absolute Gasteiger partial charge is 0.480 e. The molecule has 0 spiro atoms. The summed E-state index contributed by atoms with van der Waals surface area (Å²) in [6, 6.07) is 3.52. The van der Waals surface area contributed by atoms with Gasteiger partial charge in [-0.25, -0.2) is 4.79 Å². The number of furan rings is 1. The van der Waals surface area contributed by atoms with E-state index in [0.717, 1.165) is 0 Å². The van der Waals surface area contributed by atoms with Gasteiger partial charge in [-0.2, -0.15) is 0 Å². The third kappa shape index (κ3) is 9.57. The first kappa shape index (κ1) is 30.4. The average Bonchev–Trinajstić information content (AvgIpc) is 3.37. The first-order valence-corrected chi connectivity index (χ1v) is 11.9. The van der Waals surface area contributed by atoms with E-state index in [1.165, 1.54) is 37.5 Å². The summed E-state index contributed by atoms with van der Waals surface area (Å²) in [5.74, 6) is -0.745. The molecule has 1 aromatic heterocycles. The average molecular weight is 565 g/mol. The molecule has 38 heavy (non-hydrogen) atoms. The van der Waals surface area contributed by atoms with Crippen LogP contribution in [0.15, 0.2) is 41.0 Å². The molecule has 0 aliphatic carbocycles. The van der Waals surface area contributed by atoms with E-state index in [-0.39, 0.29) is 28.7 Å². The quantitative estimate of drug-likeness (QED) is 0.155. The number of carbonyl (C=O) groups excluding carboxylic acids is 3. The second kappa shape index (κ2) is 14.8. The van der Waals surface area contributed by atoms with Crippen molar-refractivity contribution < 1.29 is 33.8 Å². The minimum Gasteiger partial charge on any atom is -0.480 e. The SMILES string of the molecule is C#C[C@@H](NC[C@H](C)O)C(=O)NC[C@H](NC(=O)c1c(Cl)cc(CNC(=O)/C=C/c2ccco2)cc1Cl)C(=O)O. The maximum atomic E-state index is 12.8. The summed E-state index contributed by atoms with van der Waals surface area (Å²) in [7, 11) is 0. The fraction of sp³-hybridized carbons (Fsp3) is 0.280. The molecule has 13 heteroatoms. The molecule has 0 radical (unpaired) electrons. The lowest BCUT2D eigenvalue weighted by atomic mass is 10.1. The smallest absolute Gasteiger partial charge is 0.328 e. The van der Waals surface area contributed by atoms with Gasteiger partial charge in [0.1, 0.15) is 17.8 Å². The number of terminal acetylenes is 1. The number of amides is 3. The van der Waals surface area contributed by atoms with Crippen molar-refractivity contribution in [3.63, 3.8) is 0 Å². The molecule has 1 heterocycles. The van der Waals surface area contributed by atoms with Crippen LogP contribution in [0.25, 0.3) is 6.08 Å². The molecule has 3 amide bonds. The number of nitrogens with one attached hydrogen (secondary N) is 4. The molecule has 202 valence electrons. The zero-order valence-electron chi connectivity index (χ0n) is 20.2. The molecule has 0 saturated carbocycles. The Morgan fingerprint density at radius 2 is 1.84 bits per heavy atom. The maximum Gasteiger partial charge on any atom is 0.328 e. The van der Waals surface area contributed by atoms with Crippen LogP contribution in [0.1, 0.15) is 28.6 Å². The molecule has 3 atom stereocenters. The van der Waals surface area contributed by atoms with Crippen LogP contribution < -0.4 is 21.3 Å². The molecule has 2 rings (SSSR count). The molecule has 0 aliphatic heterocycles. The van der Waals surface area contributed by atoms with Gasteiger partial charge in [0, 0.05) is 25.7 Å². The monoisotopic (exact) mass is 564 g/mol. The number of aliphatic hydroxyl groups is 1. The number of carboxylic acid groups (broad SMARTS) is 1. The first-order valence-electron chi connectivity index (χ1n) is 11.2. The van der Waals surface area contributed by atoms with Gasteiger partial charge in [0.05, 0.1) is 28.0 Å². The minimum atomic E-state index is -1.53. The van der Waals surface area contributed by atoms with Crippen molar-refractivity contribution >= 4 is 53.0 Å². The van der Waals surface area contributed by atoms with Crippen LogP contribution in [-0.4, -0.2) is 65.2 Å². The zero-order chi connectivity index (χ0) is 28.2. The molecule has 2 aromatic rings. The molecular formula is C25H26Cl2N4O7. The Morgan fingerprint density at radius 3 is 2.39 bits per heavy atom. The molecule has 0 bridgehead atoms. The van der Waals surface area contributed by atoms with E-state index in [1.807, 2.05) is 0 Å². The van der Waals surface area contributed by atoms with Gasteiger partial charge in [-0.1, -0.05) is 29.1 Å². The third-order valence-corrected chi connectivity index (χ3v) is 5.46. The summed E-state index contributed by atoms with van der Waals surface area (Å²) >= 11 is 12.5. The molecule has 0 saturated heterocycles. The number of halogens is 2. The Hall–Kier alpha value is -3.82. The molecular weight excluding hydrogens is 539 g/mol. The Balaban J connectivity index is 1.99. The van der Waals surface area contributed by atoms with E-state index in [9.17, 15) is 29.4 Å². The maximum absolute atomic E-state index is 12.8. The van der Waals surface area contributed by atoms with Gasteiger partial charge in [0.2, 0.25) is 11.8 Å². The van der Waals surface area contributed by atoms with Crippen LogP contribution in [0.4, 0.5) is 0 Å². The van der Waals surface area contributed by atoms with Gasteiger partial charge in [0.25, 0.3) is 5.91 Å². The number of hydrogen-bond acceptors (Lipinski definition) is 7. The summed E-state index contributed by atoms with van der Waals surface area (Å²) in [4.78, 5) is 48.7. The zero-order valence-corrected chi connectivity index (χ0v) is 21.7. The Bertz CT molecular complexity index is 1200. The highest BCUT2D eigenvalue weighted by Gasteiger charge is 2.26. The second-order valence-corrected chi connectivity index (χ2v) is 8.78. The highest BCUT2D eigenvalue weighted by Crippen LogP contribution is 2.27. The van der Waals surface area contributed by atoms with Crippen molar-refractivity contribution in [2.75, 3.05) is 13.1 Å². The predicted octanol–water partition coefficient (Wildman–Crippen LogP) is 1.19. The molecule has 0 fully saturated rings. The summed E-state index contributed by atoms with van der Waals surface area (Å²) in [5, 5.41) is 28.5. The van der Waals surface area contributed by atoms with E-state index >= 15 is 0 Å². The number of carboxylic acids is 1. The van der Waals surface area contributed by atoms with Crippen LogP contribution in [0, 0.1) is 12.3 Å². The number of rotatable bonds is 13. The van der Waals surface area contributed by atoms with Gasteiger partial charge < -0.3 is 30.6 Å². The summed E-state index contributed by atoms with van der Waals surface area (Å²) in [6.45, 7) is 1.10. The standard InChI is InChI=1S/C25H26Cl2N4O7/c1-3-19(28-11-14(2)32)23(34)30-13-20(25(36)37)31-24(35)22-17(26)9-15(10-18(22)27)12-29-21(33)7-6-16-5-4-8-38-16/h1,4-10,14,19-20,28,32H,11-13H2,2H3,(H,29,33)(H,30,34)(H,31,35)(H,36,37)/b7-6+/t14-,19+,20-/m0/s1. The Labute approximate surface area is 228 Å². The number of benzene rings is 1. The number of carbonyl (C=O) groups is 4. The fourth-order valence-electron chi connectivity index (χ4n) is 2.99. The van der Waals surface area contributed by atoms with E-state index in [2.05, 4.69) is 27.2 Å². The van der Waals surface area contributed by atoms with E-state index in [4.69, 9.17) is 34.0 Å². The first-order chi connectivity index (χ1) is 18.0. The minimum absolute atomic E-state index is 0.0414. The molecule has 0 aliphatic rings. The van der Waals surface area contributed by atoms with Gasteiger partial charge in [-0.3, -0.25) is 19.7 Å². The van der Waals surface area contributed by atoms with Gasteiger partial charge in [-0.15, -0.1) is 6.42 Å². The second-order valence-electron chi connectivity index (χ2n) is 7.97. The lowest BCUT2D eigenvalue weighted by molar-refractivity contribution is -0.139. The number of aliphatic hydroxyl groups excluding tert-OH is 1. The van der Waals surface area contributed by atoms with Crippen molar-refractivity contribution in [2.24, 2.45) is 0 Å². The highest BCUT2D eigenvalue weighted by atomic mass is 35.5. The number of aliphatic carboxylic acids is 1. The predicted molar refractivity (Wildman–Crippen MR) is 140 cm³/mol. The Kier molecular flexibility index (Phi) is 11.8. The van der Waals surface area contributed by atoms with Crippen molar-refractivity contribution in [1.29, 1.82) is 0 Å². The highest BCUT2D eigenvalue weighted by molar-refractivity contribution is 6.39. The van der Waals surface area contributed by atoms with Crippen molar-refractivity contribution in [3.05, 3.63) is 63.5 Å². The van der Waals surface area contributed by atoms with Crippen LogP contribution in [0.2, 0.25) is 10.0 Å². The van der Waals surface area contributed by atoms with Gasteiger partial charge in [0.15, 0.2) is 0 Å². The molecule has 1 aromatic carbocycles. The lowest BCUT2D eigenvalue weighted by Crippen LogP contribution is -2.52. The van der Waals surface area contributed by atoms with E-state index in [1.54, 1.807) is 12.1 Å². The summed E-state index contributed by atoms with van der Waals surface area (Å²) in [6.07, 6.45) is 8.79. The summed E-state index contributed by atoms with van der Waals surface area (Å²) < 4.78 is 5.10. The van der Waals surface area contributed by atoms with E-state index in [0.29, 0.717) is 11.3 Å². The van der Waals surface area contributed by atoms with Crippen LogP contribution in [-0.2, 0) is 20.9 Å². The molecule has 11 nitrogen and oxygen atoms in total. The van der Waals surface area contributed by atoms with Crippen molar-refractivity contribution in [3.8, 4) is 12.3 Å². The number of hydrogen-bond donors (Lipinski definition) is 6. The normalized spacial score (nSPS) is 13.2. The van der Waals surface area contributed by atoms with Crippen LogP contribution >= 0.6 is 23.2 Å². The third-order valence-electron chi connectivity index (χ3n) is 4.87. The molecule has 0 unspecified atom stereocenters. The lowest BCUT2D eigenvalue weighted by Gasteiger charge is -2.19. The van der Waals surface area contributed by atoms with Gasteiger partial charge in [-0.05, 0) is 42.8 Å². The van der Waals surface area contributed by atoms with Gasteiger partial charge >= 0.3 is 5.97 Å². The van der Waals surface area contributed by atoms with Crippen LogP contribution in [0.3, 0.4) is 0 Å². The Morgan fingerprint density at radius 1 is 1.16 bits per heavy atom.